The molecule has 0 aromatic rings. The van der Waals surface area contributed by atoms with Crippen molar-refractivity contribution in [2.75, 3.05) is 19.6 Å². The van der Waals surface area contributed by atoms with Crippen molar-refractivity contribution in [2.24, 2.45) is 5.92 Å². The van der Waals surface area contributed by atoms with E-state index in [0.29, 0.717) is 0 Å². The number of hydrogen-bond donors (Lipinski definition) is 0. The third-order valence-corrected chi connectivity index (χ3v) is 3.19. The summed E-state index contributed by atoms with van der Waals surface area (Å²) in [4.78, 5) is 2.67. The lowest BCUT2D eigenvalue weighted by atomic mass is 9.85. The van der Waals surface area contributed by atoms with Crippen LogP contribution in [0, 0.1) is 5.92 Å². The van der Waals surface area contributed by atoms with Crippen LogP contribution in [0.15, 0.2) is 0 Å². The molecular formula is C12H25N. The van der Waals surface area contributed by atoms with Gasteiger partial charge in [-0.1, -0.05) is 26.7 Å². The fourth-order valence-corrected chi connectivity index (χ4v) is 2.18. The summed E-state index contributed by atoms with van der Waals surface area (Å²) < 4.78 is 0. The van der Waals surface area contributed by atoms with E-state index >= 15 is 0 Å². The Balaban J connectivity index is 0.000000396. The second kappa shape index (κ2) is 6.42. The van der Waals surface area contributed by atoms with Crippen LogP contribution in [0.25, 0.3) is 0 Å². The number of likely N-dealkylation sites (tertiary alicyclic amines) is 1. The quantitative estimate of drug-likeness (QED) is 0.635. The fourth-order valence-electron chi connectivity index (χ4n) is 2.18. The van der Waals surface area contributed by atoms with Crippen molar-refractivity contribution < 1.29 is 0 Å². The molecule has 1 nitrogen and oxygen atoms in total. The molecule has 0 aromatic heterocycles. The van der Waals surface area contributed by atoms with Gasteiger partial charge in [0.15, 0.2) is 0 Å². The van der Waals surface area contributed by atoms with Gasteiger partial charge in [-0.25, -0.2) is 0 Å². The lowest BCUT2D eigenvalue weighted by molar-refractivity contribution is 0.155. The fraction of sp³-hybridized carbons (Fsp3) is 1.00. The topological polar surface area (TPSA) is 3.24 Å². The van der Waals surface area contributed by atoms with E-state index in [1.54, 1.807) is 0 Å². The minimum absolute atomic E-state index is 1.08. The summed E-state index contributed by atoms with van der Waals surface area (Å²) in [7, 11) is 0. The summed E-state index contributed by atoms with van der Waals surface area (Å²) in [6, 6.07) is 0. The smallest absolute Gasteiger partial charge is 0.000965 e. The van der Waals surface area contributed by atoms with E-state index in [1.807, 2.05) is 13.8 Å². The van der Waals surface area contributed by atoms with Gasteiger partial charge < -0.3 is 4.90 Å². The molecule has 0 spiro atoms. The normalized spacial score (nSPS) is 24.5. The zero-order valence-corrected chi connectivity index (χ0v) is 9.39. The van der Waals surface area contributed by atoms with Crippen LogP contribution in [0.3, 0.4) is 0 Å². The van der Waals surface area contributed by atoms with Crippen LogP contribution in [-0.4, -0.2) is 24.5 Å². The van der Waals surface area contributed by atoms with E-state index in [4.69, 9.17) is 0 Å². The predicted octanol–water partition coefficient (Wildman–Crippen LogP) is 3.30. The van der Waals surface area contributed by atoms with Crippen LogP contribution >= 0.6 is 0 Å². The molecule has 1 saturated heterocycles. The zero-order chi connectivity index (χ0) is 9.52. The molecule has 1 aliphatic carbocycles. The highest BCUT2D eigenvalue weighted by molar-refractivity contribution is 4.75. The minimum Gasteiger partial charge on any atom is -0.303 e. The van der Waals surface area contributed by atoms with Crippen molar-refractivity contribution in [3.8, 4) is 0 Å². The highest BCUT2D eigenvalue weighted by Gasteiger charge is 2.21. The Morgan fingerprint density at radius 1 is 0.923 bits per heavy atom. The average molecular weight is 183 g/mol. The van der Waals surface area contributed by atoms with Crippen molar-refractivity contribution in [3.05, 3.63) is 0 Å². The van der Waals surface area contributed by atoms with Gasteiger partial charge in [-0.3, -0.25) is 0 Å². The maximum absolute atomic E-state index is 2.67. The predicted molar refractivity (Wildman–Crippen MR) is 59.0 cm³/mol. The van der Waals surface area contributed by atoms with Gasteiger partial charge in [0.05, 0.1) is 0 Å². The molecule has 0 N–H and O–H groups in total. The van der Waals surface area contributed by atoms with Gasteiger partial charge in [-0.15, -0.1) is 0 Å². The Labute approximate surface area is 83.5 Å². The monoisotopic (exact) mass is 183 g/mol. The summed E-state index contributed by atoms with van der Waals surface area (Å²) in [5, 5.41) is 0. The second-order valence-corrected chi connectivity index (χ2v) is 4.16. The Hall–Kier alpha value is -0.0400. The first kappa shape index (κ1) is 11.0. The van der Waals surface area contributed by atoms with Gasteiger partial charge in [0.25, 0.3) is 0 Å². The zero-order valence-electron chi connectivity index (χ0n) is 9.39. The molecule has 1 heteroatoms. The van der Waals surface area contributed by atoms with Crippen molar-refractivity contribution in [1.29, 1.82) is 0 Å². The van der Waals surface area contributed by atoms with Gasteiger partial charge in [-0.2, -0.15) is 0 Å². The average Bonchev–Trinajstić information content (AvgIpc) is 2.17. The van der Waals surface area contributed by atoms with Crippen LogP contribution in [-0.2, 0) is 0 Å². The summed E-state index contributed by atoms with van der Waals surface area (Å²) in [5.74, 6) is 1.08. The summed E-state index contributed by atoms with van der Waals surface area (Å²) in [6.45, 7) is 8.19. The standard InChI is InChI=1S/C10H19N.C2H6/c1-2-7-11(8-3-1)9-10-5-4-6-10;1-2/h10H,1-9H2;1-2H3. The SMILES string of the molecule is C1CCN(CC2CCC2)CC1.CC. The first-order chi connectivity index (χ1) is 6.45. The maximum atomic E-state index is 2.67. The molecule has 1 heterocycles. The first-order valence-corrected chi connectivity index (χ1v) is 6.17. The van der Waals surface area contributed by atoms with Crippen LogP contribution < -0.4 is 0 Å². The van der Waals surface area contributed by atoms with Crippen molar-refractivity contribution in [1.82, 2.24) is 4.90 Å². The largest absolute Gasteiger partial charge is 0.303 e. The van der Waals surface area contributed by atoms with Gasteiger partial charge in [0.1, 0.15) is 0 Å². The molecule has 0 radical (unpaired) electrons. The van der Waals surface area contributed by atoms with E-state index in [2.05, 4.69) is 4.90 Å². The Morgan fingerprint density at radius 2 is 1.54 bits per heavy atom. The summed E-state index contributed by atoms with van der Waals surface area (Å²) in [6.07, 6.45) is 8.89. The molecule has 1 saturated carbocycles. The Kier molecular flexibility index (Phi) is 5.45. The summed E-state index contributed by atoms with van der Waals surface area (Å²) >= 11 is 0. The lowest BCUT2D eigenvalue weighted by Gasteiger charge is -2.34. The second-order valence-electron chi connectivity index (χ2n) is 4.16. The Morgan fingerprint density at radius 3 is 2.00 bits per heavy atom. The van der Waals surface area contributed by atoms with Crippen molar-refractivity contribution in [3.63, 3.8) is 0 Å². The van der Waals surface area contributed by atoms with Crippen LogP contribution in [0.2, 0.25) is 0 Å². The molecule has 78 valence electrons. The third kappa shape index (κ3) is 3.68. The molecule has 0 aromatic carbocycles. The number of nitrogens with zero attached hydrogens (tertiary/aromatic N) is 1. The van der Waals surface area contributed by atoms with E-state index in [9.17, 15) is 0 Å². The molecule has 2 rings (SSSR count). The van der Waals surface area contributed by atoms with Gasteiger partial charge in [0, 0.05) is 6.54 Å². The molecule has 13 heavy (non-hydrogen) atoms. The van der Waals surface area contributed by atoms with Crippen LogP contribution in [0.5, 0.6) is 0 Å². The maximum Gasteiger partial charge on any atom is 0.000965 e. The molecule has 1 aliphatic heterocycles. The van der Waals surface area contributed by atoms with Crippen LogP contribution in [0.1, 0.15) is 52.4 Å². The molecule has 0 bridgehead atoms. The third-order valence-electron chi connectivity index (χ3n) is 3.19. The van der Waals surface area contributed by atoms with Gasteiger partial charge in [0.2, 0.25) is 0 Å². The lowest BCUT2D eigenvalue weighted by Crippen LogP contribution is -2.36. The molecule has 0 atom stereocenters. The molecule has 2 aliphatic rings. The minimum atomic E-state index is 1.08. The Bertz CT molecular complexity index is 112. The molecule has 0 unspecified atom stereocenters. The van der Waals surface area contributed by atoms with Crippen molar-refractivity contribution in [2.45, 2.75) is 52.4 Å². The van der Waals surface area contributed by atoms with Crippen molar-refractivity contribution >= 4 is 0 Å². The highest BCUT2D eigenvalue weighted by Crippen LogP contribution is 2.27. The van der Waals surface area contributed by atoms with E-state index in [-0.39, 0.29) is 0 Å². The highest BCUT2D eigenvalue weighted by atomic mass is 15.1. The molecule has 2 fully saturated rings. The van der Waals surface area contributed by atoms with E-state index in [0.717, 1.165) is 5.92 Å². The first-order valence-electron chi connectivity index (χ1n) is 6.17. The molecular weight excluding hydrogens is 158 g/mol. The summed E-state index contributed by atoms with van der Waals surface area (Å²) in [5.41, 5.74) is 0. The van der Waals surface area contributed by atoms with E-state index < -0.39 is 0 Å². The van der Waals surface area contributed by atoms with Gasteiger partial charge in [-0.05, 0) is 44.7 Å². The number of piperidine rings is 1. The van der Waals surface area contributed by atoms with Crippen LogP contribution in [0.4, 0.5) is 0 Å². The van der Waals surface area contributed by atoms with E-state index in [1.165, 1.54) is 58.2 Å². The number of rotatable bonds is 2. The van der Waals surface area contributed by atoms with Gasteiger partial charge >= 0.3 is 0 Å². The number of hydrogen-bond acceptors (Lipinski definition) is 1. The molecule has 0 amide bonds.